The summed E-state index contributed by atoms with van der Waals surface area (Å²) in [5, 5.41) is 14.2. The van der Waals surface area contributed by atoms with Crippen LogP contribution in [-0.4, -0.2) is 36.0 Å². The second-order valence-electron chi connectivity index (χ2n) is 5.54. The summed E-state index contributed by atoms with van der Waals surface area (Å²) in [6.07, 6.45) is 4.80. The molecule has 2 amide bonds. The van der Waals surface area contributed by atoms with E-state index in [1.54, 1.807) is 0 Å². The topological polar surface area (TPSA) is 95.5 Å². The largest absolute Gasteiger partial charge is 0.481 e. The Morgan fingerprint density at radius 2 is 1.65 bits per heavy atom. The number of likely N-dealkylation sites (N-methyl/N-ethyl adjacent to an activating group) is 1. The van der Waals surface area contributed by atoms with Crippen LogP contribution in [0.3, 0.4) is 0 Å². The van der Waals surface area contributed by atoms with Crippen molar-refractivity contribution in [2.45, 2.75) is 51.9 Å². The van der Waals surface area contributed by atoms with Crippen LogP contribution in [0.4, 0.5) is 0 Å². The maximum Gasteiger partial charge on any atom is 0.303 e. The number of amides is 2. The van der Waals surface area contributed by atoms with Gasteiger partial charge in [-0.1, -0.05) is 19.3 Å². The smallest absolute Gasteiger partial charge is 0.303 e. The van der Waals surface area contributed by atoms with Gasteiger partial charge in [0.15, 0.2) is 0 Å². The van der Waals surface area contributed by atoms with E-state index in [1.807, 2.05) is 6.92 Å². The fraction of sp³-hybridized carbons (Fsp3) is 0.786. The molecule has 1 aliphatic carbocycles. The summed E-state index contributed by atoms with van der Waals surface area (Å²) in [5.74, 6) is -1.32. The van der Waals surface area contributed by atoms with E-state index in [0.29, 0.717) is 6.54 Å². The zero-order chi connectivity index (χ0) is 15.0. The van der Waals surface area contributed by atoms with Gasteiger partial charge in [-0.2, -0.15) is 0 Å². The van der Waals surface area contributed by atoms with Crippen molar-refractivity contribution in [1.82, 2.24) is 10.6 Å². The van der Waals surface area contributed by atoms with Crippen molar-refractivity contribution in [2.75, 3.05) is 13.1 Å². The fourth-order valence-corrected chi connectivity index (χ4v) is 2.88. The zero-order valence-corrected chi connectivity index (χ0v) is 12.0. The van der Waals surface area contributed by atoms with Crippen LogP contribution in [0.1, 0.15) is 51.9 Å². The molecule has 1 fully saturated rings. The van der Waals surface area contributed by atoms with Crippen LogP contribution in [-0.2, 0) is 14.4 Å². The first kappa shape index (κ1) is 16.5. The molecule has 0 aromatic rings. The highest BCUT2D eigenvalue weighted by Gasteiger charge is 2.36. The Labute approximate surface area is 119 Å². The molecule has 0 radical (unpaired) electrons. The van der Waals surface area contributed by atoms with Gasteiger partial charge in [0, 0.05) is 13.0 Å². The van der Waals surface area contributed by atoms with Crippen LogP contribution in [0.2, 0.25) is 0 Å². The molecular formula is C14H24N2O4. The predicted molar refractivity (Wildman–Crippen MR) is 74.1 cm³/mol. The van der Waals surface area contributed by atoms with Crippen LogP contribution in [0, 0.1) is 5.41 Å². The second kappa shape index (κ2) is 7.87. The summed E-state index contributed by atoms with van der Waals surface area (Å²) < 4.78 is 0. The molecule has 0 saturated heterocycles. The van der Waals surface area contributed by atoms with Crippen molar-refractivity contribution in [1.29, 1.82) is 0 Å². The van der Waals surface area contributed by atoms with Gasteiger partial charge in [-0.05, 0) is 25.2 Å². The second-order valence-corrected chi connectivity index (χ2v) is 5.54. The number of aliphatic carboxylic acids is 1. The number of carboxylic acid groups (broad SMARTS) is 1. The normalized spacial score (nSPS) is 17.2. The SMILES string of the molecule is CCNC(=O)CNC(=O)CC1(CC(=O)O)CCCCC1. The quantitative estimate of drug-likeness (QED) is 0.651. The molecule has 0 atom stereocenters. The molecule has 0 heterocycles. The highest BCUT2D eigenvalue weighted by atomic mass is 16.4. The Hall–Kier alpha value is -1.59. The lowest BCUT2D eigenvalue weighted by Crippen LogP contribution is -2.40. The maximum atomic E-state index is 11.9. The Bertz CT molecular complexity index is 362. The van der Waals surface area contributed by atoms with Crippen molar-refractivity contribution >= 4 is 17.8 Å². The summed E-state index contributed by atoms with van der Waals surface area (Å²) in [6, 6.07) is 0. The Morgan fingerprint density at radius 1 is 1.00 bits per heavy atom. The lowest BCUT2D eigenvalue weighted by Gasteiger charge is -2.35. The van der Waals surface area contributed by atoms with Crippen molar-refractivity contribution in [3.63, 3.8) is 0 Å². The molecule has 6 nitrogen and oxygen atoms in total. The Kier molecular flexibility index (Phi) is 6.48. The number of carbonyl (C=O) groups is 3. The van der Waals surface area contributed by atoms with Gasteiger partial charge in [0.2, 0.25) is 11.8 Å². The highest BCUT2D eigenvalue weighted by molar-refractivity contribution is 5.85. The number of carboxylic acids is 1. The van der Waals surface area contributed by atoms with Crippen molar-refractivity contribution in [3.8, 4) is 0 Å². The number of nitrogens with one attached hydrogen (secondary N) is 2. The van der Waals surface area contributed by atoms with Crippen LogP contribution in [0.15, 0.2) is 0 Å². The van der Waals surface area contributed by atoms with E-state index in [2.05, 4.69) is 10.6 Å². The van der Waals surface area contributed by atoms with E-state index in [4.69, 9.17) is 5.11 Å². The molecule has 114 valence electrons. The molecule has 6 heteroatoms. The van der Waals surface area contributed by atoms with E-state index >= 15 is 0 Å². The zero-order valence-electron chi connectivity index (χ0n) is 12.0. The first-order chi connectivity index (χ1) is 9.47. The van der Waals surface area contributed by atoms with Crippen LogP contribution in [0.5, 0.6) is 0 Å². The standard InChI is InChI=1S/C14H24N2O4/c1-2-15-12(18)10-16-11(17)8-14(9-13(19)20)6-4-3-5-7-14/h2-10H2,1H3,(H,15,18)(H,16,17)(H,19,20). The van der Waals surface area contributed by atoms with Gasteiger partial charge in [-0.3, -0.25) is 14.4 Å². The van der Waals surface area contributed by atoms with Crippen molar-refractivity contribution in [3.05, 3.63) is 0 Å². The van der Waals surface area contributed by atoms with Crippen LogP contribution in [0.25, 0.3) is 0 Å². The molecule has 0 aliphatic heterocycles. The number of hydrogen-bond acceptors (Lipinski definition) is 3. The molecule has 0 unspecified atom stereocenters. The molecule has 0 spiro atoms. The average molecular weight is 284 g/mol. The molecule has 1 rings (SSSR count). The van der Waals surface area contributed by atoms with E-state index in [-0.39, 0.29) is 31.2 Å². The Balaban J connectivity index is 2.49. The molecule has 3 N–H and O–H groups in total. The van der Waals surface area contributed by atoms with Crippen LogP contribution >= 0.6 is 0 Å². The fourth-order valence-electron chi connectivity index (χ4n) is 2.88. The van der Waals surface area contributed by atoms with E-state index in [9.17, 15) is 14.4 Å². The van der Waals surface area contributed by atoms with Gasteiger partial charge < -0.3 is 15.7 Å². The molecule has 1 saturated carbocycles. The minimum atomic E-state index is -0.858. The van der Waals surface area contributed by atoms with Crippen LogP contribution < -0.4 is 10.6 Å². The molecular weight excluding hydrogens is 260 g/mol. The first-order valence-corrected chi connectivity index (χ1v) is 7.23. The lowest BCUT2D eigenvalue weighted by atomic mass is 9.69. The average Bonchev–Trinajstić information content (AvgIpc) is 2.36. The molecule has 0 aromatic heterocycles. The first-order valence-electron chi connectivity index (χ1n) is 7.23. The van der Waals surface area contributed by atoms with Gasteiger partial charge in [-0.25, -0.2) is 0 Å². The van der Waals surface area contributed by atoms with E-state index in [1.165, 1.54) is 0 Å². The third kappa shape index (κ3) is 5.59. The maximum absolute atomic E-state index is 11.9. The molecule has 0 aromatic carbocycles. The van der Waals surface area contributed by atoms with Crippen molar-refractivity contribution in [2.24, 2.45) is 5.41 Å². The predicted octanol–water partition coefficient (Wildman–Crippen LogP) is 1.05. The molecule has 1 aliphatic rings. The lowest BCUT2D eigenvalue weighted by molar-refractivity contribution is -0.141. The summed E-state index contributed by atoms with van der Waals surface area (Å²) in [5.41, 5.74) is -0.435. The third-order valence-electron chi connectivity index (χ3n) is 3.80. The third-order valence-corrected chi connectivity index (χ3v) is 3.80. The minimum Gasteiger partial charge on any atom is -0.481 e. The van der Waals surface area contributed by atoms with Crippen molar-refractivity contribution < 1.29 is 19.5 Å². The summed E-state index contributed by atoms with van der Waals surface area (Å²) >= 11 is 0. The molecule has 20 heavy (non-hydrogen) atoms. The number of rotatable bonds is 7. The Morgan fingerprint density at radius 3 is 2.20 bits per heavy atom. The highest BCUT2D eigenvalue weighted by Crippen LogP contribution is 2.42. The van der Waals surface area contributed by atoms with E-state index in [0.717, 1.165) is 32.1 Å². The summed E-state index contributed by atoms with van der Waals surface area (Å²) in [6.45, 7) is 2.29. The number of hydrogen-bond donors (Lipinski definition) is 3. The van der Waals surface area contributed by atoms with Gasteiger partial charge in [0.25, 0.3) is 0 Å². The van der Waals surface area contributed by atoms with Gasteiger partial charge >= 0.3 is 5.97 Å². The summed E-state index contributed by atoms with van der Waals surface area (Å²) in [4.78, 5) is 34.2. The minimum absolute atomic E-state index is 0.0293. The van der Waals surface area contributed by atoms with Gasteiger partial charge in [-0.15, -0.1) is 0 Å². The monoisotopic (exact) mass is 284 g/mol. The summed E-state index contributed by atoms with van der Waals surface area (Å²) in [7, 11) is 0. The van der Waals surface area contributed by atoms with Gasteiger partial charge in [0.05, 0.1) is 13.0 Å². The van der Waals surface area contributed by atoms with E-state index < -0.39 is 11.4 Å². The number of carbonyl (C=O) groups excluding carboxylic acids is 2. The molecule has 0 bridgehead atoms. The van der Waals surface area contributed by atoms with Gasteiger partial charge in [0.1, 0.15) is 0 Å².